The summed E-state index contributed by atoms with van der Waals surface area (Å²) in [6.45, 7) is 0.693. The molecule has 0 radical (unpaired) electrons. The molecule has 1 aromatic heterocycles. The summed E-state index contributed by atoms with van der Waals surface area (Å²) in [5.74, 6) is 0.0292. The molecule has 88 valence electrons. The minimum absolute atomic E-state index is 0.0292. The average Bonchev–Trinajstić information content (AvgIpc) is 2.90. The van der Waals surface area contributed by atoms with Crippen LogP contribution in [-0.4, -0.2) is 18.0 Å². The van der Waals surface area contributed by atoms with Gasteiger partial charge in [0.05, 0.1) is 5.54 Å². The third-order valence-electron chi connectivity index (χ3n) is 3.19. The van der Waals surface area contributed by atoms with Gasteiger partial charge in [-0.2, -0.15) is 0 Å². The van der Waals surface area contributed by atoms with Gasteiger partial charge in [-0.05, 0) is 30.7 Å². The average molecular weight is 238 g/mol. The van der Waals surface area contributed by atoms with Gasteiger partial charge in [0.15, 0.2) is 0 Å². The predicted octanol–water partition coefficient (Wildman–Crippen LogP) is 1.68. The Morgan fingerprint density at radius 2 is 2.25 bits per heavy atom. The lowest BCUT2D eigenvalue weighted by Crippen LogP contribution is -2.52. The van der Waals surface area contributed by atoms with E-state index in [1.165, 1.54) is 4.88 Å². The molecule has 1 aromatic rings. The molecule has 1 heterocycles. The Morgan fingerprint density at radius 1 is 1.50 bits per heavy atom. The topological polar surface area (TPSA) is 55.1 Å². The maximum absolute atomic E-state index is 11.9. The van der Waals surface area contributed by atoms with E-state index in [1.54, 1.807) is 11.3 Å². The Labute approximate surface area is 100 Å². The van der Waals surface area contributed by atoms with E-state index < -0.39 is 5.54 Å². The number of amides is 1. The number of thiophene rings is 1. The van der Waals surface area contributed by atoms with Crippen LogP contribution in [0.5, 0.6) is 0 Å². The van der Waals surface area contributed by atoms with Gasteiger partial charge in [-0.25, -0.2) is 0 Å². The Bertz CT molecular complexity index is 342. The van der Waals surface area contributed by atoms with Gasteiger partial charge in [0.1, 0.15) is 0 Å². The molecule has 0 unspecified atom stereocenters. The van der Waals surface area contributed by atoms with Gasteiger partial charge in [0.2, 0.25) is 5.91 Å². The third kappa shape index (κ3) is 2.62. The van der Waals surface area contributed by atoms with E-state index in [-0.39, 0.29) is 5.91 Å². The Kier molecular flexibility index (Phi) is 3.61. The summed E-state index contributed by atoms with van der Waals surface area (Å²) in [4.78, 5) is 13.2. The molecule has 1 aliphatic carbocycles. The molecule has 1 saturated carbocycles. The van der Waals surface area contributed by atoms with Crippen molar-refractivity contribution in [2.45, 2.75) is 37.6 Å². The van der Waals surface area contributed by atoms with Crippen LogP contribution in [0, 0.1) is 0 Å². The molecular formula is C12H18N2OS. The molecule has 1 fully saturated rings. The van der Waals surface area contributed by atoms with Crippen LogP contribution in [-0.2, 0) is 11.2 Å². The molecule has 4 heteroatoms. The van der Waals surface area contributed by atoms with Crippen molar-refractivity contribution in [2.24, 2.45) is 5.73 Å². The molecule has 0 atom stereocenters. The fourth-order valence-electron chi connectivity index (χ4n) is 2.16. The van der Waals surface area contributed by atoms with E-state index >= 15 is 0 Å². The highest BCUT2D eigenvalue weighted by Crippen LogP contribution is 2.27. The number of carbonyl (C=O) groups is 1. The van der Waals surface area contributed by atoms with Crippen LogP contribution < -0.4 is 11.1 Å². The van der Waals surface area contributed by atoms with Crippen molar-refractivity contribution in [3.63, 3.8) is 0 Å². The zero-order valence-electron chi connectivity index (χ0n) is 9.37. The first kappa shape index (κ1) is 11.6. The van der Waals surface area contributed by atoms with Crippen LogP contribution in [0.25, 0.3) is 0 Å². The fourth-order valence-corrected chi connectivity index (χ4v) is 2.87. The molecule has 0 bridgehead atoms. The minimum Gasteiger partial charge on any atom is -0.354 e. The third-order valence-corrected chi connectivity index (χ3v) is 4.12. The molecule has 3 N–H and O–H groups in total. The monoisotopic (exact) mass is 238 g/mol. The van der Waals surface area contributed by atoms with Crippen molar-refractivity contribution < 1.29 is 4.79 Å². The SMILES string of the molecule is NC1(C(=O)NCCc2cccs2)CCCC1. The first-order chi connectivity index (χ1) is 7.71. The number of hydrogen-bond acceptors (Lipinski definition) is 3. The van der Waals surface area contributed by atoms with Crippen LogP contribution in [0.15, 0.2) is 17.5 Å². The van der Waals surface area contributed by atoms with Crippen molar-refractivity contribution in [1.29, 1.82) is 0 Å². The molecular weight excluding hydrogens is 220 g/mol. The summed E-state index contributed by atoms with van der Waals surface area (Å²) >= 11 is 1.72. The second-order valence-corrected chi connectivity index (χ2v) is 5.48. The zero-order chi connectivity index (χ0) is 11.4. The van der Waals surface area contributed by atoms with Gasteiger partial charge in [-0.3, -0.25) is 4.79 Å². The van der Waals surface area contributed by atoms with E-state index in [4.69, 9.17) is 5.73 Å². The first-order valence-corrected chi connectivity index (χ1v) is 6.68. The van der Waals surface area contributed by atoms with Gasteiger partial charge in [-0.15, -0.1) is 11.3 Å². The molecule has 2 rings (SSSR count). The van der Waals surface area contributed by atoms with Crippen LogP contribution in [0.2, 0.25) is 0 Å². The minimum atomic E-state index is -0.588. The highest BCUT2D eigenvalue weighted by atomic mass is 32.1. The summed E-state index contributed by atoms with van der Waals surface area (Å²) in [5.41, 5.74) is 5.46. The van der Waals surface area contributed by atoms with Crippen molar-refractivity contribution in [3.8, 4) is 0 Å². The molecule has 1 aliphatic rings. The zero-order valence-corrected chi connectivity index (χ0v) is 10.2. The van der Waals surface area contributed by atoms with Gasteiger partial charge in [0, 0.05) is 11.4 Å². The van der Waals surface area contributed by atoms with Crippen molar-refractivity contribution >= 4 is 17.2 Å². The quantitative estimate of drug-likeness (QED) is 0.838. The molecule has 0 spiro atoms. The van der Waals surface area contributed by atoms with E-state index in [0.29, 0.717) is 6.54 Å². The Hall–Kier alpha value is -0.870. The van der Waals surface area contributed by atoms with Crippen LogP contribution in [0.3, 0.4) is 0 Å². The van der Waals surface area contributed by atoms with E-state index in [2.05, 4.69) is 16.8 Å². The standard InChI is InChI=1S/C12H18N2OS/c13-12(6-1-2-7-12)11(15)14-8-5-10-4-3-9-16-10/h3-4,9H,1-2,5-8,13H2,(H,14,15). The highest BCUT2D eigenvalue weighted by molar-refractivity contribution is 7.09. The van der Waals surface area contributed by atoms with Crippen molar-refractivity contribution in [1.82, 2.24) is 5.32 Å². The molecule has 0 aliphatic heterocycles. The highest BCUT2D eigenvalue weighted by Gasteiger charge is 2.36. The normalized spacial score (nSPS) is 18.6. The number of nitrogens with one attached hydrogen (secondary N) is 1. The second kappa shape index (κ2) is 4.97. The van der Waals surface area contributed by atoms with E-state index in [0.717, 1.165) is 32.1 Å². The molecule has 0 aromatic carbocycles. The molecule has 3 nitrogen and oxygen atoms in total. The molecule has 0 saturated heterocycles. The lowest BCUT2D eigenvalue weighted by molar-refractivity contribution is -0.126. The van der Waals surface area contributed by atoms with Gasteiger partial charge < -0.3 is 11.1 Å². The van der Waals surface area contributed by atoms with E-state index in [9.17, 15) is 4.79 Å². The molecule has 16 heavy (non-hydrogen) atoms. The summed E-state index contributed by atoms with van der Waals surface area (Å²) in [5, 5.41) is 5.00. The van der Waals surface area contributed by atoms with Crippen molar-refractivity contribution in [3.05, 3.63) is 22.4 Å². The summed E-state index contributed by atoms with van der Waals surface area (Å²) in [6, 6.07) is 4.12. The smallest absolute Gasteiger partial charge is 0.240 e. The second-order valence-electron chi connectivity index (χ2n) is 4.45. The maximum atomic E-state index is 11.9. The van der Waals surface area contributed by atoms with Crippen molar-refractivity contribution in [2.75, 3.05) is 6.54 Å². The Morgan fingerprint density at radius 3 is 2.88 bits per heavy atom. The lowest BCUT2D eigenvalue weighted by Gasteiger charge is -2.22. The van der Waals surface area contributed by atoms with Crippen LogP contribution in [0.1, 0.15) is 30.6 Å². The summed E-state index contributed by atoms with van der Waals surface area (Å²) < 4.78 is 0. The number of rotatable bonds is 4. The Balaban J connectivity index is 1.75. The number of carbonyl (C=O) groups excluding carboxylic acids is 1. The lowest BCUT2D eigenvalue weighted by atomic mass is 9.98. The predicted molar refractivity (Wildman–Crippen MR) is 66.4 cm³/mol. The first-order valence-electron chi connectivity index (χ1n) is 5.80. The van der Waals surface area contributed by atoms with Gasteiger partial charge in [-0.1, -0.05) is 18.9 Å². The largest absolute Gasteiger partial charge is 0.354 e. The van der Waals surface area contributed by atoms with E-state index in [1.807, 2.05) is 6.07 Å². The maximum Gasteiger partial charge on any atom is 0.240 e. The fraction of sp³-hybridized carbons (Fsp3) is 0.583. The number of hydrogen-bond donors (Lipinski definition) is 2. The van der Waals surface area contributed by atoms with Gasteiger partial charge in [0.25, 0.3) is 0 Å². The van der Waals surface area contributed by atoms with Crippen LogP contribution in [0.4, 0.5) is 0 Å². The number of nitrogens with two attached hydrogens (primary N) is 1. The van der Waals surface area contributed by atoms with Gasteiger partial charge >= 0.3 is 0 Å². The summed E-state index contributed by atoms with van der Waals surface area (Å²) in [6.07, 6.45) is 4.72. The molecule has 1 amide bonds. The van der Waals surface area contributed by atoms with Crippen LogP contribution >= 0.6 is 11.3 Å². The summed E-state index contributed by atoms with van der Waals surface area (Å²) in [7, 11) is 0.